The normalized spacial score (nSPS) is 12.7. The van der Waals surface area contributed by atoms with Crippen molar-refractivity contribution in [1.29, 1.82) is 0 Å². The van der Waals surface area contributed by atoms with E-state index in [0.29, 0.717) is 24.2 Å². The maximum absolute atomic E-state index is 11.0. The van der Waals surface area contributed by atoms with Crippen LogP contribution in [0.25, 0.3) is 0 Å². The summed E-state index contributed by atoms with van der Waals surface area (Å²) in [6.07, 6.45) is 0.502. The number of guanidine groups is 1. The van der Waals surface area contributed by atoms with Crippen LogP contribution in [-0.2, 0) is 11.3 Å². The van der Waals surface area contributed by atoms with E-state index in [4.69, 9.17) is 5.73 Å². The molecule has 110 valence electrons. The van der Waals surface area contributed by atoms with Crippen molar-refractivity contribution < 1.29 is 9.53 Å². The van der Waals surface area contributed by atoms with Gasteiger partial charge in [0.05, 0.1) is 13.7 Å². The molecule has 0 aromatic heterocycles. The molecule has 0 heterocycles. The number of nitrogens with one attached hydrogen (secondary N) is 2. The van der Waals surface area contributed by atoms with Crippen molar-refractivity contribution in [3.05, 3.63) is 29.8 Å². The molecule has 6 heteroatoms. The molecule has 0 aliphatic heterocycles. The van der Waals surface area contributed by atoms with Crippen LogP contribution in [0.15, 0.2) is 29.3 Å². The summed E-state index contributed by atoms with van der Waals surface area (Å²) in [6, 6.07) is 7.65. The summed E-state index contributed by atoms with van der Waals surface area (Å²) < 4.78 is 4.51. The molecule has 0 bridgehead atoms. The molecule has 1 rings (SSSR count). The first-order chi connectivity index (χ1) is 9.55. The standard InChI is InChI=1S/C14H22N4O2/c1-4-10(2)17-13(15)16-9-11-5-7-12(8-6-11)18-14(19)20-3/h5-8,10H,4,9H2,1-3H3,(H,18,19)(H3,15,16,17). The number of nitrogens with zero attached hydrogens (tertiary/aromatic N) is 1. The van der Waals surface area contributed by atoms with Gasteiger partial charge < -0.3 is 15.8 Å². The third kappa shape index (κ3) is 5.60. The molecular weight excluding hydrogens is 256 g/mol. The second-order valence-electron chi connectivity index (χ2n) is 4.47. The highest BCUT2D eigenvalue weighted by molar-refractivity contribution is 5.84. The predicted molar refractivity (Wildman–Crippen MR) is 80.7 cm³/mol. The zero-order chi connectivity index (χ0) is 15.0. The van der Waals surface area contributed by atoms with E-state index in [1.54, 1.807) is 12.1 Å². The molecule has 0 spiro atoms. The Morgan fingerprint density at radius 2 is 2.05 bits per heavy atom. The van der Waals surface area contributed by atoms with Crippen LogP contribution in [-0.4, -0.2) is 25.2 Å². The fourth-order valence-electron chi connectivity index (χ4n) is 1.44. The van der Waals surface area contributed by atoms with Gasteiger partial charge in [0, 0.05) is 11.7 Å². The smallest absolute Gasteiger partial charge is 0.411 e. The molecule has 0 radical (unpaired) electrons. The molecule has 1 atom stereocenters. The number of hydrogen-bond acceptors (Lipinski definition) is 3. The summed E-state index contributed by atoms with van der Waals surface area (Å²) in [6.45, 7) is 4.63. The molecule has 0 aliphatic carbocycles. The number of amides is 1. The second-order valence-corrected chi connectivity index (χ2v) is 4.47. The number of rotatable bonds is 5. The molecular formula is C14H22N4O2. The minimum atomic E-state index is -0.488. The quantitative estimate of drug-likeness (QED) is 0.568. The molecule has 1 aromatic carbocycles. The fourth-order valence-corrected chi connectivity index (χ4v) is 1.44. The van der Waals surface area contributed by atoms with Gasteiger partial charge in [-0.1, -0.05) is 19.1 Å². The van der Waals surface area contributed by atoms with Gasteiger partial charge in [0.25, 0.3) is 0 Å². The summed E-state index contributed by atoms with van der Waals surface area (Å²) in [5.74, 6) is 0.441. The lowest BCUT2D eigenvalue weighted by atomic mass is 10.2. The number of ether oxygens (including phenoxy) is 1. The summed E-state index contributed by atoms with van der Waals surface area (Å²) in [7, 11) is 1.32. The van der Waals surface area contributed by atoms with Crippen LogP contribution in [0, 0.1) is 0 Å². The summed E-state index contributed by atoms with van der Waals surface area (Å²) in [5.41, 5.74) is 7.46. The first kappa shape index (κ1) is 15.8. The topological polar surface area (TPSA) is 88.7 Å². The Bertz CT molecular complexity index is 457. The number of aliphatic imine (C=N–C) groups is 1. The first-order valence-corrected chi connectivity index (χ1v) is 6.55. The van der Waals surface area contributed by atoms with Crippen LogP contribution in [0.2, 0.25) is 0 Å². The third-order valence-electron chi connectivity index (χ3n) is 2.82. The Morgan fingerprint density at radius 1 is 1.40 bits per heavy atom. The number of methoxy groups -OCH3 is 1. The van der Waals surface area contributed by atoms with Gasteiger partial charge in [-0.3, -0.25) is 5.32 Å². The van der Waals surface area contributed by atoms with Gasteiger partial charge in [-0.2, -0.15) is 0 Å². The lowest BCUT2D eigenvalue weighted by molar-refractivity contribution is 0.187. The van der Waals surface area contributed by atoms with Gasteiger partial charge in [0.1, 0.15) is 0 Å². The fraction of sp³-hybridized carbons (Fsp3) is 0.429. The number of anilines is 1. The van der Waals surface area contributed by atoms with E-state index >= 15 is 0 Å². The van der Waals surface area contributed by atoms with Crippen LogP contribution in [0.1, 0.15) is 25.8 Å². The number of carbonyl (C=O) groups is 1. The van der Waals surface area contributed by atoms with Crippen LogP contribution >= 0.6 is 0 Å². The number of benzene rings is 1. The van der Waals surface area contributed by atoms with Crippen molar-refractivity contribution in [2.45, 2.75) is 32.9 Å². The maximum Gasteiger partial charge on any atom is 0.411 e. The van der Waals surface area contributed by atoms with Crippen LogP contribution in [0.5, 0.6) is 0 Å². The molecule has 0 saturated carbocycles. The molecule has 0 saturated heterocycles. The van der Waals surface area contributed by atoms with Crippen LogP contribution < -0.4 is 16.4 Å². The Morgan fingerprint density at radius 3 is 2.60 bits per heavy atom. The lowest BCUT2D eigenvalue weighted by Crippen LogP contribution is -2.38. The average Bonchev–Trinajstić information content (AvgIpc) is 2.46. The molecule has 20 heavy (non-hydrogen) atoms. The summed E-state index contributed by atoms with van der Waals surface area (Å²) in [5, 5.41) is 5.68. The zero-order valence-electron chi connectivity index (χ0n) is 12.1. The maximum atomic E-state index is 11.0. The predicted octanol–water partition coefficient (Wildman–Crippen LogP) is 2.07. The van der Waals surface area contributed by atoms with E-state index in [0.717, 1.165) is 12.0 Å². The van der Waals surface area contributed by atoms with Crippen LogP contribution in [0.4, 0.5) is 10.5 Å². The van der Waals surface area contributed by atoms with Gasteiger partial charge in [-0.05, 0) is 31.0 Å². The Labute approximate surface area is 119 Å². The van der Waals surface area contributed by atoms with Crippen molar-refractivity contribution in [3.8, 4) is 0 Å². The van der Waals surface area contributed by atoms with Gasteiger partial charge in [-0.25, -0.2) is 9.79 Å². The summed E-state index contributed by atoms with van der Waals surface area (Å²) in [4.78, 5) is 15.3. The van der Waals surface area contributed by atoms with Crippen molar-refractivity contribution >= 4 is 17.7 Å². The van der Waals surface area contributed by atoms with E-state index in [-0.39, 0.29) is 0 Å². The van der Waals surface area contributed by atoms with E-state index in [1.807, 2.05) is 12.1 Å². The number of nitrogens with two attached hydrogens (primary N) is 1. The zero-order valence-corrected chi connectivity index (χ0v) is 12.1. The van der Waals surface area contributed by atoms with Gasteiger partial charge >= 0.3 is 6.09 Å². The SMILES string of the molecule is CCC(C)NC(N)=NCc1ccc(NC(=O)OC)cc1. The number of carbonyl (C=O) groups excluding carboxylic acids is 1. The van der Waals surface area contributed by atoms with Crippen molar-refractivity contribution in [3.63, 3.8) is 0 Å². The largest absolute Gasteiger partial charge is 0.453 e. The lowest BCUT2D eigenvalue weighted by Gasteiger charge is -2.11. The molecule has 0 fully saturated rings. The average molecular weight is 278 g/mol. The molecule has 1 amide bonds. The van der Waals surface area contributed by atoms with E-state index in [9.17, 15) is 4.79 Å². The Balaban J connectivity index is 2.53. The van der Waals surface area contributed by atoms with E-state index < -0.39 is 6.09 Å². The van der Waals surface area contributed by atoms with Crippen molar-refractivity contribution in [1.82, 2.24) is 5.32 Å². The first-order valence-electron chi connectivity index (χ1n) is 6.55. The number of hydrogen-bond donors (Lipinski definition) is 3. The molecule has 4 N–H and O–H groups in total. The molecule has 6 nitrogen and oxygen atoms in total. The Kier molecular flexibility index (Phi) is 6.36. The highest BCUT2D eigenvalue weighted by atomic mass is 16.5. The summed E-state index contributed by atoms with van der Waals surface area (Å²) >= 11 is 0. The molecule has 1 aromatic rings. The van der Waals surface area contributed by atoms with Crippen LogP contribution in [0.3, 0.4) is 0 Å². The van der Waals surface area contributed by atoms with Crippen molar-refractivity contribution in [2.75, 3.05) is 12.4 Å². The van der Waals surface area contributed by atoms with Gasteiger partial charge in [0.2, 0.25) is 0 Å². The monoisotopic (exact) mass is 278 g/mol. The highest BCUT2D eigenvalue weighted by Crippen LogP contribution is 2.10. The van der Waals surface area contributed by atoms with Crippen molar-refractivity contribution in [2.24, 2.45) is 10.7 Å². The highest BCUT2D eigenvalue weighted by Gasteiger charge is 2.01. The van der Waals surface area contributed by atoms with Gasteiger partial charge in [0.15, 0.2) is 5.96 Å². The van der Waals surface area contributed by atoms with E-state index in [1.165, 1.54) is 7.11 Å². The third-order valence-corrected chi connectivity index (χ3v) is 2.82. The van der Waals surface area contributed by atoms with E-state index in [2.05, 4.69) is 34.2 Å². The second kappa shape index (κ2) is 8.04. The molecule has 1 unspecified atom stereocenters. The molecule has 0 aliphatic rings. The minimum Gasteiger partial charge on any atom is -0.453 e. The Hall–Kier alpha value is -2.24. The minimum absolute atomic E-state index is 0.311. The van der Waals surface area contributed by atoms with Gasteiger partial charge in [-0.15, -0.1) is 0 Å².